The quantitative estimate of drug-likeness (QED) is 0.878. The van der Waals surface area contributed by atoms with Gasteiger partial charge in [0.1, 0.15) is 0 Å². The number of aromatic carboxylic acids is 1. The van der Waals surface area contributed by atoms with Gasteiger partial charge in [-0.2, -0.15) is 0 Å². The third kappa shape index (κ3) is 3.35. The van der Waals surface area contributed by atoms with Gasteiger partial charge < -0.3 is 15.3 Å². The lowest BCUT2D eigenvalue weighted by Crippen LogP contribution is -2.34. The van der Waals surface area contributed by atoms with Crippen molar-refractivity contribution in [3.05, 3.63) is 28.8 Å². The van der Waals surface area contributed by atoms with Crippen molar-refractivity contribution in [2.24, 2.45) is 5.41 Å². The number of nitrogens with one attached hydrogen (secondary N) is 1. The van der Waals surface area contributed by atoms with Gasteiger partial charge in [-0.25, -0.2) is 9.59 Å². The molecule has 0 aliphatic carbocycles. The Morgan fingerprint density at radius 1 is 1.29 bits per heavy atom. The Bertz CT molecular complexity index is 593. The molecule has 5 nitrogen and oxygen atoms in total. The molecule has 2 N–H and O–H groups in total. The average molecular weight is 290 g/mol. The normalized spacial score (nSPS) is 16.9. The van der Waals surface area contributed by atoms with Gasteiger partial charge in [-0.1, -0.05) is 13.8 Å². The second kappa shape index (κ2) is 5.39. The van der Waals surface area contributed by atoms with Crippen molar-refractivity contribution in [3.8, 4) is 0 Å². The fourth-order valence-corrected chi connectivity index (χ4v) is 2.64. The van der Waals surface area contributed by atoms with Gasteiger partial charge in [0.25, 0.3) is 0 Å². The zero-order chi connectivity index (χ0) is 15.8. The van der Waals surface area contributed by atoms with Crippen molar-refractivity contribution in [1.82, 2.24) is 4.90 Å². The standard InChI is InChI=1S/C16H22N2O3/c1-10-7-12(8-13(11(10)2)14(19)20)17-15(21)18-6-5-16(3,4)9-18/h7-8H,5-6,9H2,1-4H3,(H,17,21)(H,19,20). The van der Waals surface area contributed by atoms with E-state index >= 15 is 0 Å². The van der Waals surface area contributed by atoms with E-state index in [1.165, 1.54) is 6.07 Å². The zero-order valence-electron chi connectivity index (χ0n) is 13.0. The average Bonchev–Trinajstić information content (AvgIpc) is 2.73. The number of carbonyl (C=O) groups excluding carboxylic acids is 1. The summed E-state index contributed by atoms with van der Waals surface area (Å²) in [7, 11) is 0. The Morgan fingerprint density at radius 2 is 1.95 bits per heavy atom. The number of hydrogen-bond donors (Lipinski definition) is 2. The first-order chi connectivity index (χ1) is 9.69. The van der Waals surface area contributed by atoms with Crippen LogP contribution in [0.1, 0.15) is 41.8 Å². The molecule has 0 bridgehead atoms. The number of likely N-dealkylation sites (tertiary alicyclic amines) is 1. The van der Waals surface area contributed by atoms with Crippen LogP contribution in [-0.4, -0.2) is 35.1 Å². The first-order valence-electron chi connectivity index (χ1n) is 7.10. The van der Waals surface area contributed by atoms with Crippen molar-refractivity contribution < 1.29 is 14.7 Å². The summed E-state index contributed by atoms with van der Waals surface area (Å²) in [5, 5.41) is 12.0. The van der Waals surface area contributed by atoms with Crippen LogP contribution in [0.3, 0.4) is 0 Å². The SMILES string of the molecule is Cc1cc(NC(=O)N2CCC(C)(C)C2)cc(C(=O)O)c1C. The maximum Gasteiger partial charge on any atom is 0.336 e. The van der Waals surface area contributed by atoms with E-state index in [0.29, 0.717) is 5.69 Å². The second-order valence-electron chi connectivity index (χ2n) is 6.54. The molecule has 1 aliphatic rings. The summed E-state index contributed by atoms with van der Waals surface area (Å²) in [6.07, 6.45) is 0.980. The van der Waals surface area contributed by atoms with Gasteiger partial charge in [0, 0.05) is 18.8 Å². The van der Waals surface area contributed by atoms with Crippen LogP contribution in [0.4, 0.5) is 10.5 Å². The van der Waals surface area contributed by atoms with E-state index in [1.807, 2.05) is 6.92 Å². The molecule has 2 amide bonds. The van der Waals surface area contributed by atoms with E-state index in [9.17, 15) is 14.7 Å². The molecule has 0 spiro atoms. The van der Waals surface area contributed by atoms with Crippen LogP contribution in [0, 0.1) is 19.3 Å². The predicted octanol–water partition coefficient (Wildman–Crippen LogP) is 3.27. The van der Waals surface area contributed by atoms with Crippen molar-refractivity contribution in [3.63, 3.8) is 0 Å². The molecule has 0 saturated carbocycles. The predicted molar refractivity (Wildman–Crippen MR) is 81.9 cm³/mol. The van der Waals surface area contributed by atoms with Gasteiger partial charge in [-0.15, -0.1) is 0 Å². The first kappa shape index (κ1) is 15.4. The number of rotatable bonds is 2. The first-order valence-corrected chi connectivity index (χ1v) is 7.10. The summed E-state index contributed by atoms with van der Waals surface area (Å²) in [4.78, 5) is 25.3. The smallest absolute Gasteiger partial charge is 0.336 e. The van der Waals surface area contributed by atoms with Gasteiger partial charge in [-0.3, -0.25) is 0 Å². The highest BCUT2D eigenvalue weighted by molar-refractivity contribution is 5.94. The number of carbonyl (C=O) groups is 2. The van der Waals surface area contributed by atoms with Gasteiger partial charge in [0.15, 0.2) is 0 Å². The topological polar surface area (TPSA) is 69.6 Å². The highest BCUT2D eigenvalue weighted by atomic mass is 16.4. The molecular formula is C16H22N2O3. The Labute approximate surface area is 125 Å². The van der Waals surface area contributed by atoms with Crippen molar-refractivity contribution in [2.75, 3.05) is 18.4 Å². The number of benzene rings is 1. The molecule has 21 heavy (non-hydrogen) atoms. The number of anilines is 1. The van der Waals surface area contributed by atoms with Crippen LogP contribution in [0.2, 0.25) is 0 Å². The van der Waals surface area contributed by atoms with E-state index in [0.717, 1.165) is 30.6 Å². The summed E-state index contributed by atoms with van der Waals surface area (Å²) in [5.41, 5.74) is 2.49. The summed E-state index contributed by atoms with van der Waals surface area (Å²) in [6, 6.07) is 3.16. The van der Waals surface area contributed by atoms with Crippen LogP contribution in [0.15, 0.2) is 12.1 Å². The molecule has 114 valence electrons. The van der Waals surface area contributed by atoms with Crippen molar-refractivity contribution >= 4 is 17.7 Å². The summed E-state index contributed by atoms with van der Waals surface area (Å²) < 4.78 is 0. The molecule has 0 aromatic heterocycles. The lowest BCUT2D eigenvalue weighted by Gasteiger charge is -2.20. The number of nitrogens with zero attached hydrogens (tertiary/aromatic N) is 1. The van der Waals surface area contributed by atoms with E-state index in [2.05, 4.69) is 19.2 Å². The number of aryl methyl sites for hydroxylation is 1. The minimum absolute atomic E-state index is 0.146. The number of hydrogen-bond acceptors (Lipinski definition) is 2. The Morgan fingerprint density at radius 3 is 2.48 bits per heavy atom. The molecular weight excluding hydrogens is 268 g/mol. The maximum absolute atomic E-state index is 12.2. The number of urea groups is 1. The highest BCUT2D eigenvalue weighted by Crippen LogP contribution is 2.29. The van der Waals surface area contributed by atoms with Crippen LogP contribution in [0.5, 0.6) is 0 Å². The third-order valence-electron chi connectivity index (χ3n) is 4.11. The largest absolute Gasteiger partial charge is 0.478 e. The Hall–Kier alpha value is -2.04. The van der Waals surface area contributed by atoms with E-state index in [4.69, 9.17) is 0 Å². The van der Waals surface area contributed by atoms with Crippen molar-refractivity contribution in [1.29, 1.82) is 0 Å². The minimum atomic E-state index is -0.978. The molecule has 1 saturated heterocycles. The van der Waals surface area contributed by atoms with E-state index in [1.54, 1.807) is 17.9 Å². The Balaban J connectivity index is 2.17. The summed E-state index contributed by atoms with van der Waals surface area (Å²) in [6.45, 7) is 9.34. The Kier molecular flexibility index (Phi) is 3.94. The van der Waals surface area contributed by atoms with Crippen molar-refractivity contribution in [2.45, 2.75) is 34.1 Å². The molecule has 2 rings (SSSR count). The van der Waals surface area contributed by atoms with Gasteiger partial charge in [0.05, 0.1) is 5.56 Å². The van der Waals surface area contributed by atoms with Gasteiger partial charge >= 0.3 is 12.0 Å². The lowest BCUT2D eigenvalue weighted by molar-refractivity contribution is 0.0696. The second-order valence-corrected chi connectivity index (χ2v) is 6.54. The fourth-order valence-electron chi connectivity index (χ4n) is 2.64. The third-order valence-corrected chi connectivity index (χ3v) is 4.11. The molecule has 1 aromatic rings. The lowest BCUT2D eigenvalue weighted by atomic mass is 9.93. The minimum Gasteiger partial charge on any atom is -0.478 e. The summed E-state index contributed by atoms with van der Waals surface area (Å²) >= 11 is 0. The molecule has 5 heteroatoms. The summed E-state index contributed by atoms with van der Waals surface area (Å²) in [5.74, 6) is -0.978. The highest BCUT2D eigenvalue weighted by Gasteiger charge is 2.32. The van der Waals surface area contributed by atoms with Gasteiger partial charge in [-0.05, 0) is 48.9 Å². The van der Waals surface area contributed by atoms with Crippen LogP contribution in [-0.2, 0) is 0 Å². The molecule has 1 fully saturated rings. The van der Waals surface area contributed by atoms with E-state index in [-0.39, 0.29) is 17.0 Å². The number of carboxylic acids is 1. The van der Waals surface area contributed by atoms with Crippen LogP contribution < -0.4 is 5.32 Å². The maximum atomic E-state index is 12.2. The monoisotopic (exact) mass is 290 g/mol. The van der Waals surface area contributed by atoms with E-state index < -0.39 is 5.97 Å². The van der Waals surface area contributed by atoms with Crippen LogP contribution in [0.25, 0.3) is 0 Å². The molecule has 1 heterocycles. The number of amides is 2. The number of carboxylic acid groups (broad SMARTS) is 1. The van der Waals surface area contributed by atoms with Gasteiger partial charge in [0.2, 0.25) is 0 Å². The molecule has 0 unspecified atom stereocenters. The molecule has 1 aliphatic heterocycles. The molecule has 0 atom stereocenters. The molecule has 1 aromatic carbocycles. The fraction of sp³-hybridized carbons (Fsp3) is 0.500. The zero-order valence-corrected chi connectivity index (χ0v) is 13.0. The van der Waals surface area contributed by atoms with Crippen LogP contribution >= 0.6 is 0 Å². The molecule has 0 radical (unpaired) electrons.